The van der Waals surface area contributed by atoms with Gasteiger partial charge in [-0.05, 0) is 18.9 Å². The second-order valence-corrected chi connectivity index (χ2v) is 4.70. The van der Waals surface area contributed by atoms with Crippen molar-refractivity contribution in [2.24, 2.45) is 0 Å². The molecule has 0 saturated carbocycles. The molecule has 1 aromatic carbocycles. The predicted molar refractivity (Wildman–Crippen MR) is 71.8 cm³/mol. The standard InChI is InChI=1S/C12H15N5O2/c18-17(19)9-4-5-10-11(8-9)14-12(13-10)15-16-6-2-1-3-7-16/h4-5,8H,1-3,6-7H2,(H2,13,14,15). The number of hydrazine groups is 1. The highest BCUT2D eigenvalue weighted by molar-refractivity contribution is 5.79. The van der Waals surface area contributed by atoms with Crippen LogP contribution in [0, 0.1) is 10.1 Å². The number of aromatic nitrogens is 2. The molecule has 1 aliphatic heterocycles. The number of nitrogens with one attached hydrogen (secondary N) is 2. The van der Waals surface area contributed by atoms with Crippen LogP contribution in [0.15, 0.2) is 18.2 Å². The molecule has 1 aliphatic rings. The van der Waals surface area contributed by atoms with Crippen LogP contribution in [0.1, 0.15) is 19.3 Å². The number of nitro groups is 1. The zero-order chi connectivity index (χ0) is 13.2. The van der Waals surface area contributed by atoms with Gasteiger partial charge in [-0.15, -0.1) is 0 Å². The summed E-state index contributed by atoms with van der Waals surface area (Å²) in [5.74, 6) is 0.636. The van der Waals surface area contributed by atoms with Crippen LogP contribution in [-0.2, 0) is 0 Å². The number of hydrogen-bond donors (Lipinski definition) is 2. The Kier molecular flexibility index (Phi) is 3.04. The van der Waals surface area contributed by atoms with Crippen molar-refractivity contribution in [3.05, 3.63) is 28.3 Å². The third kappa shape index (κ3) is 2.50. The molecule has 100 valence electrons. The number of hydrogen-bond acceptors (Lipinski definition) is 5. The van der Waals surface area contributed by atoms with Crippen molar-refractivity contribution in [2.75, 3.05) is 18.5 Å². The first kappa shape index (κ1) is 11.9. The number of anilines is 1. The van der Waals surface area contributed by atoms with Crippen molar-refractivity contribution in [1.82, 2.24) is 15.0 Å². The average Bonchev–Trinajstić information content (AvgIpc) is 2.80. The Labute approximate surface area is 109 Å². The molecule has 1 aromatic heterocycles. The molecule has 0 spiro atoms. The number of nitro benzene ring substituents is 1. The molecule has 2 aromatic rings. The Morgan fingerprint density at radius 2 is 2.11 bits per heavy atom. The minimum absolute atomic E-state index is 0.0701. The zero-order valence-electron chi connectivity index (χ0n) is 10.4. The minimum atomic E-state index is -0.405. The van der Waals surface area contributed by atoms with Crippen LogP contribution in [0.2, 0.25) is 0 Å². The summed E-state index contributed by atoms with van der Waals surface area (Å²) in [6, 6.07) is 4.63. The van der Waals surface area contributed by atoms with Gasteiger partial charge in [-0.25, -0.2) is 9.99 Å². The SMILES string of the molecule is O=[N+]([O-])c1ccc2nc(NN3CCCCC3)[nH]c2c1. The van der Waals surface area contributed by atoms with E-state index in [1.165, 1.54) is 31.4 Å². The molecule has 0 aliphatic carbocycles. The zero-order valence-corrected chi connectivity index (χ0v) is 10.4. The molecule has 0 amide bonds. The van der Waals surface area contributed by atoms with Crippen LogP contribution in [0.4, 0.5) is 11.6 Å². The summed E-state index contributed by atoms with van der Waals surface area (Å²) in [5, 5.41) is 12.8. The Morgan fingerprint density at radius 3 is 2.84 bits per heavy atom. The lowest BCUT2D eigenvalue weighted by Gasteiger charge is -2.26. The van der Waals surface area contributed by atoms with E-state index in [9.17, 15) is 10.1 Å². The summed E-state index contributed by atoms with van der Waals surface area (Å²) < 4.78 is 0. The first-order chi connectivity index (χ1) is 9.22. The molecule has 2 N–H and O–H groups in total. The third-order valence-electron chi connectivity index (χ3n) is 3.30. The summed E-state index contributed by atoms with van der Waals surface area (Å²) in [6.45, 7) is 1.99. The quantitative estimate of drug-likeness (QED) is 0.653. The van der Waals surface area contributed by atoms with Crippen LogP contribution in [0.5, 0.6) is 0 Å². The Hall–Kier alpha value is -2.15. The topological polar surface area (TPSA) is 87.1 Å². The summed E-state index contributed by atoms with van der Waals surface area (Å²) in [4.78, 5) is 17.8. The smallest absolute Gasteiger partial charge is 0.271 e. The lowest BCUT2D eigenvalue weighted by molar-refractivity contribution is -0.384. The summed E-state index contributed by atoms with van der Waals surface area (Å²) >= 11 is 0. The van der Waals surface area contributed by atoms with Gasteiger partial charge in [0.2, 0.25) is 5.95 Å². The summed E-state index contributed by atoms with van der Waals surface area (Å²) in [5.41, 5.74) is 4.69. The Bertz CT molecular complexity index is 603. The molecule has 0 radical (unpaired) electrons. The van der Waals surface area contributed by atoms with E-state index in [0.29, 0.717) is 11.5 Å². The fourth-order valence-corrected chi connectivity index (χ4v) is 2.32. The normalized spacial score (nSPS) is 16.6. The van der Waals surface area contributed by atoms with Gasteiger partial charge in [0.15, 0.2) is 0 Å². The van der Waals surface area contributed by atoms with Crippen LogP contribution in [-0.4, -0.2) is 33.0 Å². The predicted octanol–water partition coefficient (Wildman–Crippen LogP) is 2.28. The lowest BCUT2D eigenvalue weighted by Crippen LogP contribution is -2.35. The second kappa shape index (κ2) is 4.85. The number of non-ortho nitro benzene ring substituents is 1. The maximum Gasteiger partial charge on any atom is 0.271 e. The number of benzene rings is 1. The molecular formula is C12H15N5O2. The highest BCUT2D eigenvalue weighted by atomic mass is 16.6. The van der Waals surface area contributed by atoms with E-state index in [2.05, 4.69) is 20.4 Å². The number of aromatic amines is 1. The van der Waals surface area contributed by atoms with Gasteiger partial charge in [-0.2, -0.15) is 0 Å². The average molecular weight is 261 g/mol. The van der Waals surface area contributed by atoms with Crippen molar-refractivity contribution in [2.45, 2.75) is 19.3 Å². The number of nitrogens with zero attached hydrogens (tertiary/aromatic N) is 3. The number of piperidine rings is 1. The first-order valence-corrected chi connectivity index (χ1v) is 6.38. The number of fused-ring (bicyclic) bond motifs is 1. The molecule has 7 nitrogen and oxygen atoms in total. The van der Waals surface area contributed by atoms with E-state index >= 15 is 0 Å². The molecule has 2 heterocycles. The van der Waals surface area contributed by atoms with Crippen molar-refractivity contribution in [3.8, 4) is 0 Å². The number of rotatable bonds is 3. The van der Waals surface area contributed by atoms with E-state index in [1.54, 1.807) is 6.07 Å². The van der Waals surface area contributed by atoms with Gasteiger partial charge in [0, 0.05) is 25.2 Å². The third-order valence-corrected chi connectivity index (χ3v) is 3.30. The first-order valence-electron chi connectivity index (χ1n) is 6.38. The molecular weight excluding hydrogens is 246 g/mol. The fourth-order valence-electron chi connectivity index (χ4n) is 2.32. The molecule has 7 heteroatoms. The van der Waals surface area contributed by atoms with Gasteiger partial charge in [-0.1, -0.05) is 6.42 Å². The molecule has 0 unspecified atom stereocenters. The molecule has 1 fully saturated rings. The summed E-state index contributed by atoms with van der Waals surface area (Å²) in [7, 11) is 0. The van der Waals surface area contributed by atoms with E-state index in [0.717, 1.165) is 18.6 Å². The second-order valence-electron chi connectivity index (χ2n) is 4.70. The van der Waals surface area contributed by atoms with Gasteiger partial charge in [-0.3, -0.25) is 15.5 Å². The largest absolute Gasteiger partial charge is 0.323 e. The van der Waals surface area contributed by atoms with Crippen LogP contribution in [0.3, 0.4) is 0 Å². The minimum Gasteiger partial charge on any atom is -0.323 e. The van der Waals surface area contributed by atoms with Gasteiger partial charge < -0.3 is 4.98 Å². The van der Waals surface area contributed by atoms with Crippen molar-refractivity contribution in [3.63, 3.8) is 0 Å². The molecule has 0 atom stereocenters. The lowest BCUT2D eigenvalue weighted by atomic mass is 10.2. The maximum absolute atomic E-state index is 10.7. The van der Waals surface area contributed by atoms with Gasteiger partial charge in [0.25, 0.3) is 5.69 Å². The van der Waals surface area contributed by atoms with Gasteiger partial charge in [0.05, 0.1) is 16.0 Å². The molecule has 19 heavy (non-hydrogen) atoms. The van der Waals surface area contributed by atoms with Crippen LogP contribution in [0.25, 0.3) is 11.0 Å². The van der Waals surface area contributed by atoms with E-state index in [4.69, 9.17) is 0 Å². The Balaban J connectivity index is 1.82. The van der Waals surface area contributed by atoms with E-state index < -0.39 is 4.92 Å². The van der Waals surface area contributed by atoms with Crippen LogP contribution >= 0.6 is 0 Å². The van der Waals surface area contributed by atoms with Gasteiger partial charge in [0.1, 0.15) is 0 Å². The van der Waals surface area contributed by atoms with E-state index in [1.807, 2.05) is 0 Å². The van der Waals surface area contributed by atoms with Gasteiger partial charge >= 0.3 is 0 Å². The summed E-state index contributed by atoms with van der Waals surface area (Å²) in [6.07, 6.45) is 3.63. The molecule has 1 saturated heterocycles. The Morgan fingerprint density at radius 1 is 1.32 bits per heavy atom. The molecule has 3 rings (SSSR count). The number of imidazole rings is 1. The highest BCUT2D eigenvalue weighted by Gasteiger charge is 2.13. The monoisotopic (exact) mass is 261 g/mol. The van der Waals surface area contributed by atoms with E-state index in [-0.39, 0.29) is 5.69 Å². The van der Waals surface area contributed by atoms with Crippen LogP contribution < -0.4 is 5.43 Å². The van der Waals surface area contributed by atoms with Crippen molar-refractivity contribution in [1.29, 1.82) is 0 Å². The highest BCUT2D eigenvalue weighted by Crippen LogP contribution is 2.21. The fraction of sp³-hybridized carbons (Fsp3) is 0.417. The molecule has 0 bridgehead atoms. The number of H-pyrrole nitrogens is 1. The maximum atomic E-state index is 10.7. The van der Waals surface area contributed by atoms with Crippen molar-refractivity contribution >= 4 is 22.7 Å². The van der Waals surface area contributed by atoms with Crippen molar-refractivity contribution < 1.29 is 4.92 Å².